The number of ether oxygens (including phenoxy) is 3. The minimum absolute atomic E-state index is 0.0513. The molecule has 0 bridgehead atoms. The van der Waals surface area contributed by atoms with Gasteiger partial charge < -0.3 is 29.9 Å². The zero-order valence-corrected chi connectivity index (χ0v) is 25.1. The number of hydrogen-bond donors (Lipinski definition) is 3. The van der Waals surface area contributed by atoms with Crippen LogP contribution in [-0.4, -0.2) is 68.9 Å². The molecule has 16 heteroatoms. The molecule has 0 radical (unpaired) electrons. The summed E-state index contributed by atoms with van der Waals surface area (Å²) in [6.45, 7) is 3.58. The largest absolute Gasteiger partial charge is 0.510 e. The van der Waals surface area contributed by atoms with Gasteiger partial charge in [-0.1, -0.05) is 54.6 Å². The van der Waals surface area contributed by atoms with Crippen LogP contribution in [0, 0.1) is 10.1 Å². The summed E-state index contributed by atoms with van der Waals surface area (Å²) in [5.41, 5.74) is 10.4. The highest BCUT2D eigenvalue weighted by atomic mass is 16.9. The lowest BCUT2D eigenvalue weighted by atomic mass is 9.98. The number of benzene rings is 3. The van der Waals surface area contributed by atoms with Gasteiger partial charge in [-0.2, -0.15) is 10.1 Å². The fourth-order valence-corrected chi connectivity index (χ4v) is 4.49. The Balaban J connectivity index is 1.48. The van der Waals surface area contributed by atoms with E-state index in [1.54, 1.807) is 28.8 Å². The summed E-state index contributed by atoms with van der Waals surface area (Å²) in [7, 11) is 0. The molecule has 5 N–H and O–H groups in total. The summed E-state index contributed by atoms with van der Waals surface area (Å²) in [4.78, 5) is 42.6. The van der Waals surface area contributed by atoms with Crippen molar-refractivity contribution < 1.29 is 38.8 Å². The van der Waals surface area contributed by atoms with Crippen molar-refractivity contribution in [3.05, 3.63) is 93.5 Å². The first kappa shape index (κ1) is 33.0. The summed E-state index contributed by atoms with van der Waals surface area (Å²) in [5, 5.41) is 24.0. The number of nitrogens with two attached hydrogens (primary N) is 2. The predicted octanol–water partition coefficient (Wildman–Crippen LogP) is 3.74. The van der Waals surface area contributed by atoms with E-state index in [-0.39, 0.29) is 31.0 Å². The van der Waals surface area contributed by atoms with Gasteiger partial charge in [0.1, 0.15) is 0 Å². The van der Waals surface area contributed by atoms with Crippen molar-refractivity contribution in [3.63, 3.8) is 0 Å². The van der Waals surface area contributed by atoms with Crippen molar-refractivity contribution >= 4 is 29.0 Å². The highest BCUT2D eigenvalue weighted by molar-refractivity contribution is 6.03. The number of carboxylic acids is 1. The van der Waals surface area contributed by atoms with Crippen molar-refractivity contribution in [2.24, 2.45) is 16.7 Å². The van der Waals surface area contributed by atoms with Gasteiger partial charge in [0.15, 0.2) is 5.84 Å². The molecule has 46 heavy (non-hydrogen) atoms. The SMILES string of the molecule is CCOc1nc2cccc(C(=O)O)c2n1Cc1ccc(-c2ccccc2/C(N)=N/N(N)C(C)OC(=O)OCCCO[N+](=O)[O-])cc1. The molecule has 3 aromatic carbocycles. The summed E-state index contributed by atoms with van der Waals surface area (Å²) < 4.78 is 17.4. The number of amidine groups is 1. The maximum Gasteiger partial charge on any atom is 0.510 e. The molecule has 0 saturated carbocycles. The van der Waals surface area contributed by atoms with Crippen LogP contribution in [0.5, 0.6) is 6.01 Å². The molecular weight excluding hydrogens is 602 g/mol. The van der Waals surface area contributed by atoms with Crippen molar-refractivity contribution in [2.45, 2.75) is 33.0 Å². The van der Waals surface area contributed by atoms with E-state index < -0.39 is 23.4 Å². The minimum Gasteiger partial charge on any atom is -0.478 e. The van der Waals surface area contributed by atoms with E-state index in [1.807, 2.05) is 43.3 Å². The highest BCUT2D eigenvalue weighted by Crippen LogP contribution is 2.28. The average molecular weight is 636 g/mol. The molecule has 1 atom stereocenters. The van der Waals surface area contributed by atoms with E-state index in [4.69, 9.17) is 25.8 Å². The van der Waals surface area contributed by atoms with Gasteiger partial charge >= 0.3 is 12.1 Å². The first-order valence-corrected chi connectivity index (χ1v) is 14.1. The maximum absolute atomic E-state index is 11.9. The number of hydrazine groups is 1. The number of hydrogen-bond acceptors (Lipinski definition) is 12. The maximum atomic E-state index is 11.9. The Kier molecular flexibility index (Phi) is 10.9. The first-order chi connectivity index (χ1) is 22.1. The van der Waals surface area contributed by atoms with Crippen LogP contribution in [-0.2, 0) is 20.9 Å². The number of fused-ring (bicyclic) bond motifs is 1. The molecule has 1 unspecified atom stereocenters. The Morgan fingerprint density at radius 2 is 1.80 bits per heavy atom. The van der Waals surface area contributed by atoms with Crippen molar-refractivity contribution in [3.8, 4) is 17.1 Å². The first-order valence-electron chi connectivity index (χ1n) is 14.1. The molecular formula is C30H33N7O9. The number of rotatable bonds is 15. The minimum atomic E-state index is -1.06. The van der Waals surface area contributed by atoms with E-state index >= 15 is 0 Å². The van der Waals surface area contributed by atoms with Crippen LogP contribution in [0.4, 0.5) is 4.79 Å². The quantitative estimate of drug-likeness (QED) is 0.0248. The lowest BCUT2D eigenvalue weighted by Crippen LogP contribution is -2.40. The van der Waals surface area contributed by atoms with Crippen LogP contribution >= 0.6 is 0 Å². The number of para-hydroxylation sites is 1. The summed E-state index contributed by atoms with van der Waals surface area (Å²) in [6.07, 6.45) is -2.01. The second kappa shape index (κ2) is 15.2. The fourth-order valence-electron chi connectivity index (χ4n) is 4.49. The van der Waals surface area contributed by atoms with Gasteiger partial charge in [-0.05, 0) is 42.7 Å². The molecule has 4 rings (SSSR count). The number of carbonyl (C=O) groups excluding carboxylic acids is 1. The van der Waals surface area contributed by atoms with Crippen LogP contribution in [0.3, 0.4) is 0 Å². The topological polar surface area (TPSA) is 220 Å². The van der Waals surface area contributed by atoms with Crippen LogP contribution in [0.1, 0.15) is 41.8 Å². The Labute approximate surface area is 262 Å². The number of hydrazone groups is 1. The molecule has 1 aromatic heterocycles. The van der Waals surface area contributed by atoms with E-state index in [0.29, 0.717) is 35.8 Å². The Morgan fingerprint density at radius 3 is 2.50 bits per heavy atom. The molecule has 0 aliphatic rings. The molecule has 4 aromatic rings. The van der Waals surface area contributed by atoms with Crippen molar-refractivity contribution in [1.29, 1.82) is 0 Å². The number of carbonyl (C=O) groups is 2. The van der Waals surface area contributed by atoms with Gasteiger partial charge in [-0.3, -0.25) is 4.57 Å². The molecule has 16 nitrogen and oxygen atoms in total. The Morgan fingerprint density at radius 1 is 1.09 bits per heavy atom. The van der Waals surface area contributed by atoms with Gasteiger partial charge in [0.25, 0.3) is 11.1 Å². The molecule has 0 fully saturated rings. The zero-order chi connectivity index (χ0) is 33.2. The van der Waals surface area contributed by atoms with Gasteiger partial charge in [0.05, 0.1) is 43.0 Å². The molecule has 0 aliphatic heterocycles. The fraction of sp³-hybridized carbons (Fsp3) is 0.267. The third-order valence-electron chi connectivity index (χ3n) is 6.61. The normalized spacial score (nSPS) is 11.9. The van der Waals surface area contributed by atoms with Gasteiger partial charge in [0, 0.05) is 12.0 Å². The van der Waals surface area contributed by atoms with Crippen LogP contribution in [0.2, 0.25) is 0 Å². The van der Waals surface area contributed by atoms with E-state index in [9.17, 15) is 24.8 Å². The number of carboxylic acid groups (broad SMARTS) is 1. The highest BCUT2D eigenvalue weighted by Gasteiger charge is 2.20. The van der Waals surface area contributed by atoms with Gasteiger partial charge in [0.2, 0.25) is 6.23 Å². The lowest BCUT2D eigenvalue weighted by molar-refractivity contribution is -0.757. The number of imidazole rings is 1. The van der Waals surface area contributed by atoms with Crippen LogP contribution in [0.25, 0.3) is 22.2 Å². The average Bonchev–Trinajstić information content (AvgIpc) is 3.37. The van der Waals surface area contributed by atoms with E-state index in [2.05, 4.69) is 14.9 Å². The molecule has 0 aliphatic carbocycles. The van der Waals surface area contributed by atoms with Crippen molar-refractivity contribution in [1.82, 2.24) is 14.7 Å². The standard InChI is InChI=1S/C30H33N7O9/c1-3-43-29-33-25-11-6-10-24(28(38)39)26(25)35(29)18-20-12-14-21(15-13-20)22-8-4-5-9-23(22)27(31)34-36(32)19(2)46-30(40)44-16-7-17-45-37(41)42/h4-6,8-15,19H,3,7,16-18,32H2,1-2H3,(H2,31,34)(H,38,39). The Hall–Kier alpha value is -5.90. The third-order valence-corrected chi connectivity index (χ3v) is 6.61. The summed E-state index contributed by atoms with van der Waals surface area (Å²) in [6, 6.07) is 20.1. The molecule has 0 spiro atoms. The molecule has 0 saturated heterocycles. The molecule has 0 amide bonds. The zero-order valence-electron chi connectivity index (χ0n) is 25.1. The smallest absolute Gasteiger partial charge is 0.478 e. The third kappa shape index (κ3) is 8.17. The second-order valence-electron chi connectivity index (χ2n) is 9.73. The summed E-state index contributed by atoms with van der Waals surface area (Å²) >= 11 is 0. The summed E-state index contributed by atoms with van der Waals surface area (Å²) in [5.74, 6) is 4.96. The lowest BCUT2D eigenvalue weighted by Gasteiger charge is -2.21. The van der Waals surface area contributed by atoms with E-state index in [0.717, 1.165) is 21.8 Å². The van der Waals surface area contributed by atoms with Crippen LogP contribution in [0.15, 0.2) is 71.8 Å². The second-order valence-corrected chi connectivity index (χ2v) is 9.73. The van der Waals surface area contributed by atoms with Crippen molar-refractivity contribution in [2.75, 3.05) is 19.8 Å². The number of nitrogens with zero attached hydrogens (tertiary/aromatic N) is 5. The molecule has 1 heterocycles. The Bertz CT molecular complexity index is 1720. The van der Waals surface area contributed by atoms with Gasteiger partial charge in [-0.15, -0.1) is 15.2 Å². The van der Waals surface area contributed by atoms with Crippen LogP contribution < -0.4 is 16.3 Å². The number of aromatic carboxylic acids is 1. The van der Waals surface area contributed by atoms with E-state index in [1.165, 1.54) is 13.0 Å². The molecule has 242 valence electrons. The van der Waals surface area contributed by atoms with Gasteiger partial charge in [-0.25, -0.2) is 15.4 Å². The number of aromatic nitrogens is 2. The monoisotopic (exact) mass is 635 g/mol. The predicted molar refractivity (Wildman–Crippen MR) is 165 cm³/mol.